The van der Waals surface area contributed by atoms with Crippen LogP contribution in [0.3, 0.4) is 0 Å². The number of hydrogen-bond donors (Lipinski definition) is 4. The number of Topliss-reactive ketones (excluding diaryl/α,β-unsaturated/α-hetero) is 2. The Hall–Kier alpha value is -1.70. The van der Waals surface area contributed by atoms with Gasteiger partial charge in [-0.25, -0.2) is 27.6 Å². The van der Waals surface area contributed by atoms with E-state index >= 15 is 0 Å². The van der Waals surface area contributed by atoms with Crippen LogP contribution in [-0.4, -0.2) is 78.3 Å². The highest BCUT2D eigenvalue weighted by molar-refractivity contribution is 14.1. The van der Waals surface area contributed by atoms with E-state index in [-0.39, 0.29) is 63.8 Å². The first-order valence-corrected chi connectivity index (χ1v) is 22.3. The Bertz CT molecular complexity index is 2040. The molecule has 0 spiro atoms. The van der Waals surface area contributed by atoms with Crippen LogP contribution in [-0.2, 0) is 33.9 Å². The predicted octanol–water partition coefficient (Wildman–Crippen LogP) is 13.0. The lowest BCUT2D eigenvalue weighted by Gasteiger charge is -2.17. The highest BCUT2D eigenvalue weighted by Gasteiger charge is 2.52. The molecule has 0 aromatic heterocycles. The first-order chi connectivity index (χ1) is 26.1. The zero-order valence-electron chi connectivity index (χ0n) is 29.9. The number of ether oxygens (including phenoxy) is 3. The second kappa shape index (κ2) is 32.0. The van der Waals surface area contributed by atoms with Crippen LogP contribution in [0.25, 0.3) is 0 Å². The molecule has 1 aliphatic rings. The summed E-state index contributed by atoms with van der Waals surface area (Å²) in [5.41, 5.74) is 0.510. The van der Waals surface area contributed by atoms with Gasteiger partial charge in [0.15, 0.2) is 17.4 Å². The molecule has 2 atom stereocenters. The minimum Gasteiger partial charge on any atom is -0.453 e. The van der Waals surface area contributed by atoms with Crippen molar-refractivity contribution < 1.29 is 64.3 Å². The average Bonchev–Trinajstić information content (AvgIpc) is 3.26. The standard InChI is InChI=1S/2C8H6ClFINO2.C8H7ClFNO2.C7H8I2O2.CH4O3S.4CH4/c1-14-8(13)12-7-3-5(10)4(9)2-6(7)11;1-14-8(13)12-5-3-2-4(9)6(10)7(5)11;1-13-8(12)11-5-2-3-6(9)7(10)4-5;1-7(2)5(9)4(10)3(8)6(7)11;1-5(2,3)4;;;;/h2*2-3H,1H3,(H,12,13);2-4H,1H3,(H,11,12);3,5H,1-2H3;1H3,(H,2,3,4);4*1H4. The van der Waals surface area contributed by atoms with Crippen molar-refractivity contribution in [3.63, 3.8) is 0 Å². The number of amides is 3. The molecule has 1 saturated carbocycles. The molecule has 14 nitrogen and oxygen atoms in total. The average molecular weight is 1400 g/mol. The van der Waals surface area contributed by atoms with Gasteiger partial charge in [0.25, 0.3) is 10.1 Å². The zero-order valence-corrected chi connectivity index (χ0v) is 41.6. The fourth-order valence-electron chi connectivity index (χ4n) is 3.37. The molecule has 25 heteroatoms. The molecule has 1 fully saturated rings. The normalized spacial score (nSPS) is 14.0. The SMILES string of the molecule is C.C.C.C.CC1(C)C(=O)C(I)C(=O)C1I.COC(=O)Nc1cc(F)c(Cl)cc1I.COC(=O)Nc1ccc(Cl)c(F)c1.COC(=O)Nc1ccc(Cl)c(F)c1I.CS(=O)(=O)O. The second-order valence-electron chi connectivity index (χ2n) is 10.9. The molecular weight excluding hydrogens is 1350 g/mol. The number of methoxy groups -OCH3 is 3. The first-order valence-electron chi connectivity index (χ1n) is 14.7. The molecule has 3 aromatic rings. The van der Waals surface area contributed by atoms with E-state index in [9.17, 15) is 45.6 Å². The van der Waals surface area contributed by atoms with Gasteiger partial charge >= 0.3 is 18.3 Å². The number of nitrogens with one attached hydrogen (secondary N) is 3. The van der Waals surface area contributed by atoms with Gasteiger partial charge in [-0.05, 0) is 81.6 Å². The molecule has 0 heterocycles. The molecule has 0 bridgehead atoms. The Morgan fingerprint density at radius 3 is 1.51 bits per heavy atom. The predicted molar refractivity (Wildman–Crippen MR) is 272 cm³/mol. The van der Waals surface area contributed by atoms with Crippen LogP contribution < -0.4 is 16.0 Å². The number of carbonyl (C=O) groups excluding carboxylic acids is 5. The van der Waals surface area contributed by atoms with Gasteiger partial charge < -0.3 is 14.2 Å². The van der Waals surface area contributed by atoms with Crippen molar-refractivity contribution >= 4 is 182 Å². The fraction of sp³-hybridized carbons (Fsp3) is 0.361. The topological polar surface area (TPSA) is 204 Å². The third-order valence-corrected chi connectivity index (χ3v) is 12.4. The molecule has 3 aromatic carbocycles. The summed E-state index contributed by atoms with van der Waals surface area (Å²) in [7, 11) is 0.0184. The van der Waals surface area contributed by atoms with Crippen molar-refractivity contribution in [1.29, 1.82) is 0 Å². The van der Waals surface area contributed by atoms with Gasteiger partial charge in [-0.2, -0.15) is 8.42 Å². The number of hydrogen-bond acceptors (Lipinski definition) is 10. The summed E-state index contributed by atoms with van der Waals surface area (Å²) < 4.78 is 78.3. The Morgan fingerprint density at radius 1 is 0.721 bits per heavy atom. The van der Waals surface area contributed by atoms with Crippen molar-refractivity contribution in [3.8, 4) is 0 Å². The van der Waals surface area contributed by atoms with E-state index < -0.39 is 55.2 Å². The molecule has 348 valence electrons. The molecule has 3 amide bonds. The number of rotatable bonds is 3. The summed E-state index contributed by atoms with van der Waals surface area (Å²) >= 11 is 24.2. The Morgan fingerprint density at radius 2 is 1.13 bits per heavy atom. The first kappa shape index (κ1) is 68.4. The van der Waals surface area contributed by atoms with Gasteiger partial charge in [0.05, 0.1) is 61.5 Å². The summed E-state index contributed by atoms with van der Waals surface area (Å²) in [4.78, 5) is 55.1. The zero-order chi connectivity index (χ0) is 44.6. The van der Waals surface area contributed by atoms with Crippen LogP contribution in [0.15, 0.2) is 42.5 Å². The van der Waals surface area contributed by atoms with Gasteiger partial charge in [0.2, 0.25) is 0 Å². The lowest BCUT2D eigenvalue weighted by Crippen LogP contribution is -2.27. The van der Waals surface area contributed by atoms with Crippen molar-refractivity contribution in [2.45, 2.75) is 51.4 Å². The second-order valence-corrected chi connectivity index (χ2v) is 18.3. The number of anilines is 3. The van der Waals surface area contributed by atoms with Crippen molar-refractivity contribution in [3.05, 3.63) is 82.1 Å². The molecule has 0 aliphatic heterocycles. The number of benzene rings is 3. The van der Waals surface area contributed by atoms with E-state index in [1.165, 1.54) is 51.7 Å². The fourth-order valence-corrected chi connectivity index (χ4v) is 7.88. The van der Waals surface area contributed by atoms with Gasteiger partial charge in [0.1, 0.15) is 15.6 Å². The number of alkyl halides is 2. The van der Waals surface area contributed by atoms with E-state index in [0.717, 1.165) is 12.1 Å². The minimum atomic E-state index is -3.67. The largest absolute Gasteiger partial charge is 0.453 e. The van der Waals surface area contributed by atoms with E-state index in [0.29, 0.717) is 26.9 Å². The van der Waals surface area contributed by atoms with Gasteiger partial charge in [-0.1, -0.05) is 124 Å². The summed E-state index contributed by atoms with van der Waals surface area (Å²) in [5, 5.41) is 7.07. The van der Waals surface area contributed by atoms with E-state index in [4.69, 9.17) is 39.4 Å². The molecule has 0 radical (unpaired) electrons. The monoisotopic (exact) mass is 1400 g/mol. The maximum absolute atomic E-state index is 13.2. The lowest BCUT2D eigenvalue weighted by atomic mass is 9.91. The molecule has 4 N–H and O–H groups in total. The van der Waals surface area contributed by atoms with Gasteiger partial charge in [-0.15, -0.1) is 0 Å². The quantitative estimate of drug-likeness (QED) is 0.0369. The van der Waals surface area contributed by atoms with Crippen molar-refractivity contribution in [1.82, 2.24) is 0 Å². The van der Waals surface area contributed by atoms with Crippen LogP contribution in [0.4, 0.5) is 44.6 Å². The Balaban J connectivity index is -0.000000216. The van der Waals surface area contributed by atoms with E-state index in [1.54, 1.807) is 22.6 Å². The summed E-state index contributed by atoms with van der Waals surface area (Å²) in [6, 6.07) is 9.36. The smallest absolute Gasteiger partial charge is 0.411 e. The van der Waals surface area contributed by atoms with Crippen LogP contribution >= 0.6 is 125 Å². The maximum Gasteiger partial charge on any atom is 0.411 e. The molecule has 2 unspecified atom stereocenters. The van der Waals surface area contributed by atoms with E-state index in [1.807, 2.05) is 59.0 Å². The van der Waals surface area contributed by atoms with Crippen LogP contribution in [0.5, 0.6) is 0 Å². The van der Waals surface area contributed by atoms with Gasteiger partial charge in [0, 0.05) is 20.7 Å². The van der Waals surface area contributed by atoms with Gasteiger partial charge in [-0.3, -0.25) is 30.1 Å². The third-order valence-electron chi connectivity index (χ3n) is 6.24. The molecular formula is C36H47Cl3F3I4N3O11S. The van der Waals surface area contributed by atoms with E-state index in [2.05, 4.69) is 52.8 Å². The molecule has 1 aliphatic carbocycles. The Labute approximate surface area is 424 Å². The highest BCUT2D eigenvalue weighted by Crippen LogP contribution is 2.40. The molecule has 61 heavy (non-hydrogen) atoms. The van der Waals surface area contributed by atoms with Crippen LogP contribution in [0.2, 0.25) is 15.1 Å². The molecule has 0 saturated heterocycles. The van der Waals surface area contributed by atoms with Crippen molar-refractivity contribution in [2.75, 3.05) is 43.5 Å². The molecule has 4 rings (SSSR count). The summed E-state index contributed by atoms with van der Waals surface area (Å²) in [6.45, 7) is 3.67. The minimum absolute atomic E-state index is 0. The van der Waals surface area contributed by atoms with Crippen LogP contribution in [0.1, 0.15) is 43.6 Å². The number of carbonyl (C=O) groups is 5. The van der Waals surface area contributed by atoms with Crippen LogP contribution in [0, 0.1) is 30.0 Å². The van der Waals surface area contributed by atoms with Crippen molar-refractivity contribution in [2.24, 2.45) is 5.41 Å². The lowest BCUT2D eigenvalue weighted by molar-refractivity contribution is -0.123. The number of ketones is 2. The maximum atomic E-state index is 13.2. The highest BCUT2D eigenvalue weighted by atomic mass is 127. The Kier molecular flexibility index (Phi) is 35.9. The summed E-state index contributed by atoms with van der Waals surface area (Å²) in [5.74, 6) is -1.58. The number of halogens is 10. The third kappa shape index (κ3) is 24.8. The summed E-state index contributed by atoms with van der Waals surface area (Å²) in [6.07, 6.45) is -1.23.